The van der Waals surface area contributed by atoms with Gasteiger partial charge in [0.05, 0.1) is 16.8 Å². The van der Waals surface area contributed by atoms with Crippen molar-refractivity contribution < 1.29 is 27.9 Å². The predicted octanol–water partition coefficient (Wildman–Crippen LogP) is 3.53. The fourth-order valence-corrected chi connectivity index (χ4v) is 2.03. The van der Waals surface area contributed by atoms with Gasteiger partial charge in [-0.25, -0.2) is 10.2 Å². The molecule has 25 heavy (non-hydrogen) atoms. The number of urea groups is 1. The molecule has 0 atom stereocenters. The van der Waals surface area contributed by atoms with Crippen molar-refractivity contribution in [3.8, 4) is 5.75 Å². The minimum atomic E-state index is -4.73. The molecule has 10 heteroatoms. The molecule has 0 fully saturated rings. The van der Waals surface area contributed by atoms with E-state index in [1.165, 1.54) is 30.3 Å². The van der Waals surface area contributed by atoms with Gasteiger partial charge in [-0.15, -0.1) is 0 Å². The van der Waals surface area contributed by atoms with Crippen LogP contribution in [-0.4, -0.2) is 17.0 Å². The first kappa shape index (κ1) is 18.4. The normalized spacial score (nSPS) is 10.9. The topological polar surface area (TPSA) is 90.5 Å². The molecule has 0 aliphatic carbocycles. The van der Waals surface area contributed by atoms with Gasteiger partial charge < -0.3 is 10.4 Å². The molecule has 2 rings (SSSR count). The molecule has 0 bridgehead atoms. The van der Waals surface area contributed by atoms with E-state index < -0.39 is 29.4 Å². The first-order valence-corrected chi connectivity index (χ1v) is 7.08. The molecule has 132 valence electrons. The number of carbonyl (C=O) groups excluding carboxylic acids is 2. The van der Waals surface area contributed by atoms with Crippen LogP contribution >= 0.6 is 11.6 Å². The van der Waals surface area contributed by atoms with Crippen LogP contribution < -0.4 is 16.2 Å². The molecule has 0 spiro atoms. The zero-order chi connectivity index (χ0) is 18.6. The molecule has 0 unspecified atom stereocenters. The Labute approximate surface area is 144 Å². The summed E-state index contributed by atoms with van der Waals surface area (Å²) >= 11 is 5.54. The lowest BCUT2D eigenvalue weighted by Gasteiger charge is -2.15. The Morgan fingerprint density at radius 2 is 1.72 bits per heavy atom. The predicted molar refractivity (Wildman–Crippen MR) is 84.2 cm³/mol. The molecule has 2 aromatic carbocycles. The molecule has 2 aromatic rings. The molecule has 0 heterocycles. The fourth-order valence-electron chi connectivity index (χ4n) is 1.86. The number of amides is 3. The van der Waals surface area contributed by atoms with Crippen molar-refractivity contribution >= 4 is 29.2 Å². The van der Waals surface area contributed by atoms with Gasteiger partial charge in [0.1, 0.15) is 5.75 Å². The van der Waals surface area contributed by atoms with Crippen LogP contribution in [0, 0.1) is 0 Å². The first-order chi connectivity index (χ1) is 11.7. The number of carbonyl (C=O) groups is 2. The summed E-state index contributed by atoms with van der Waals surface area (Å²) in [4.78, 5) is 23.5. The molecule has 0 aliphatic rings. The van der Waals surface area contributed by atoms with Crippen LogP contribution in [0.5, 0.6) is 5.75 Å². The van der Waals surface area contributed by atoms with Crippen LogP contribution in [0.1, 0.15) is 15.9 Å². The van der Waals surface area contributed by atoms with E-state index in [-0.39, 0.29) is 16.3 Å². The Kier molecular flexibility index (Phi) is 5.38. The molecule has 3 amide bonds. The second-order valence-electron chi connectivity index (χ2n) is 4.74. The number of phenols is 1. The van der Waals surface area contributed by atoms with Crippen LogP contribution in [0.4, 0.5) is 23.7 Å². The molecule has 0 aromatic heterocycles. The molecule has 0 aliphatic heterocycles. The van der Waals surface area contributed by atoms with Crippen molar-refractivity contribution in [2.75, 3.05) is 5.32 Å². The van der Waals surface area contributed by atoms with Gasteiger partial charge in [0, 0.05) is 5.02 Å². The Morgan fingerprint density at radius 3 is 2.36 bits per heavy atom. The summed E-state index contributed by atoms with van der Waals surface area (Å²) in [6.45, 7) is 0. The molecule has 0 saturated carbocycles. The Morgan fingerprint density at radius 1 is 1.04 bits per heavy atom. The van der Waals surface area contributed by atoms with Crippen LogP contribution in [0.3, 0.4) is 0 Å². The second-order valence-corrected chi connectivity index (χ2v) is 5.17. The summed E-state index contributed by atoms with van der Waals surface area (Å²) in [6, 6.07) is 7.24. The van der Waals surface area contributed by atoms with Crippen LogP contribution in [0.2, 0.25) is 5.02 Å². The van der Waals surface area contributed by atoms with Crippen molar-refractivity contribution in [3.63, 3.8) is 0 Å². The highest BCUT2D eigenvalue weighted by molar-refractivity contribution is 6.30. The summed E-state index contributed by atoms with van der Waals surface area (Å²) in [6.07, 6.45) is -4.73. The summed E-state index contributed by atoms with van der Waals surface area (Å²) in [7, 11) is 0. The Balaban J connectivity index is 2.04. The zero-order valence-electron chi connectivity index (χ0n) is 12.3. The summed E-state index contributed by atoms with van der Waals surface area (Å²) in [5.74, 6) is -1.17. The number of hydrogen-bond acceptors (Lipinski definition) is 3. The molecule has 0 radical (unpaired) electrons. The van der Waals surface area contributed by atoms with Crippen LogP contribution in [-0.2, 0) is 6.18 Å². The first-order valence-electron chi connectivity index (χ1n) is 6.70. The van der Waals surface area contributed by atoms with E-state index in [4.69, 9.17) is 11.6 Å². The van der Waals surface area contributed by atoms with Crippen LogP contribution in [0.25, 0.3) is 0 Å². The standard InChI is InChI=1S/C15H11ClF3N3O3/c16-8-5-6-11(10(7-8)15(17,18)19)20-14(25)22-21-13(24)9-3-1-2-4-12(9)23/h1-7,23H,(H,21,24)(H2,20,22,25). The third-order valence-electron chi connectivity index (χ3n) is 2.97. The highest BCUT2D eigenvalue weighted by atomic mass is 35.5. The van der Waals surface area contributed by atoms with E-state index in [2.05, 4.69) is 0 Å². The Hall–Kier alpha value is -2.94. The van der Waals surface area contributed by atoms with E-state index >= 15 is 0 Å². The minimum absolute atomic E-state index is 0.120. The third-order valence-corrected chi connectivity index (χ3v) is 3.21. The maximum absolute atomic E-state index is 12.9. The number of anilines is 1. The van der Waals surface area contributed by atoms with Crippen molar-refractivity contribution in [1.82, 2.24) is 10.9 Å². The average Bonchev–Trinajstić information content (AvgIpc) is 2.54. The molecule has 6 nitrogen and oxygen atoms in total. The smallest absolute Gasteiger partial charge is 0.418 e. The Bertz CT molecular complexity index is 812. The van der Waals surface area contributed by atoms with Gasteiger partial charge >= 0.3 is 12.2 Å². The maximum Gasteiger partial charge on any atom is 0.418 e. The number of phenolic OH excluding ortho intramolecular Hbond substituents is 1. The van der Waals surface area contributed by atoms with Crippen LogP contribution in [0.15, 0.2) is 42.5 Å². The fraction of sp³-hybridized carbons (Fsp3) is 0.0667. The van der Waals surface area contributed by atoms with Gasteiger partial charge in [0.2, 0.25) is 0 Å². The monoisotopic (exact) mass is 373 g/mol. The number of rotatable bonds is 2. The van der Waals surface area contributed by atoms with Gasteiger partial charge in [-0.05, 0) is 30.3 Å². The molecule has 4 N–H and O–H groups in total. The highest BCUT2D eigenvalue weighted by Crippen LogP contribution is 2.36. The quantitative estimate of drug-likeness (QED) is 0.607. The van der Waals surface area contributed by atoms with Crippen molar-refractivity contribution in [2.45, 2.75) is 6.18 Å². The summed E-state index contributed by atoms with van der Waals surface area (Å²) in [5, 5.41) is 11.3. The zero-order valence-corrected chi connectivity index (χ0v) is 13.1. The number of nitrogens with one attached hydrogen (secondary N) is 3. The summed E-state index contributed by atoms with van der Waals surface area (Å²) in [5.41, 5.74) is 2.06. The largest absolute Gasteiger partial charge is 0.507 e. The third kappa shape index (κ3) is 4.77. The number of halogens is 4. The van der Waals surface area contributed by atoms with Gasteiger partial charge in [-0.1, -0.05) is 23.7 Å². The van der Waals surface area contributed by atoms with Crippen molar-refractivity contribution in [3.05, 3.63) is 58.6 Å². The lowest BCUT2D eigenvalue weighted by molar-refractivity contribution is -0.136. The van der Waals surface area contributed by atoms with E-state index in [0.717, 1.165) is 6.07 Å². The van der Waals surface area contributed by atoms with E-state index in [0.29, 0.717) is 6.07 Å². The van der Waals surface area contributed by atoms with Gasteiger partial charge in [-0.3, -0.25) is 10.2 Å². The molecule has 0 saturated heterocycles. The highest BCUT2D eigenvalue weighted by Gasteiger charge is 2.34. The number of para-hydroxylation sites is 1. The lowest BCUT2D eigenvalue weighted by atomic mass is 10.1. The van der Waals surface area contributed by atoms with Crippen molar-refractivity contribution in [1.29, 1.82) is 0 Å². The SMILES string of the molecule is O=C(NNC(=O)c1ccccc1O)Nc1ccc(Cl)cc1C(F)(F)F. The second kappa shape index (κ2) is 7.31. The number of benzene rings is 2. The van der Waals surface area contributed by atoms with E-state index in [9.17, 15) is 27.9 Å². The number of alkyl halides is 3. The van der Waals surface area contributed by atoms with E-state index in [1.54, 1.807) is 0 Å². The minimum Gasteiger partial charge on any atom is -0.507 e. The number of aromatic hydroxyl groups is 1. The number of hydrazine groups is 1. The van der Waals surface area contributed by atoms with E-state index in [1.807, 2.05) is 16.2 Å². The number of hydrogen-bond donors (Lipinski definition) is 4. The summed E-state index contributed by atoms with van der Waals surface area (Å²) < 4.78 is 38.8. The molecular weight excluding hydrogens is 363 g/mol. The van der Waals surface area contributed by atoms with Gasteiger partial charge in [0.25, 0.3) is 5.91 Å². The van der Waals surface area contributed by atoms with Gasteiger partial charge in [-0.2, -0.15) is 13.2 Å². The average molecular weight is 374 g/mol. The lowest BCUT2D eigenvalue weighted by Crippen LogP contribution is -2.44. The van der Waals surface area contributed by atoms with Gasteiger partial charge in [0.15, 0.2) is 0 Å². The maximum atomic E-state index is 12.9. The molecular formula is C15H11ClF3N3O3. The van der Waals surface area contributed by atoms with Crippen molar-refractivity contribution in [2.24, 2.45) is 0 Å².